The predicted molar refractivity (Wildman–Crippen MR) is 84.7 cm³/mol. The van der Waals surface area contributed by atoms with Crippen molar-refractivity contribution in [1.82, 2.24) is 9.80 Å². The van der Waals surface area contributed by atoms with Gasteiger partial charge in [-0.25, -0.2) is 0 Å². The van der Waals surface area contributed by atoms with Gasteiger partial charge in [-0.2, -0.15) is 0 Å². The third-order valence-electron chi connectivity index (χ3n) is 6.24. The van der Waals surface area contributed by atoms with Gasteiger partial charge in [-0.05, 0) is 56.9 Å². The van der Waals surface area contributed by atoms with Gasteiger partial charge in [0.05, 0.1) is 0 Å². The fourth-order valence-electron chi connectivity index (χ4n) is 5.06. The molecule has 116 valence electrons. The predicted octanol–water partition coefficient (Wildman–Crippen LogP) is 2.16. The lowest BCUT2D eigenvalue weighted by Crippen LogP contribution is -2.58. The van der Waals surface area contributed by atoms with Crippen LogP contribution in [0, 0.1) is 17.8 Å². The molecule has 0 spiro atoms. The van der Waals surface area contributed by atoms with Crippen LogP contribution in [0.5, 0.6) is 0 Å². The maximum atomic E-state index is 6.49. The van der Waals surface area contributed by atoms with E-state index in [1.165, 1.54) is 51.9 Å². The Hall–Kier alpha value is -0.120. The highest BCUT2D eigenvalue weighted by Gasteiger charge is 2.38. The number of nitrogens with two attached hydrogens (primary N) is 1. The fourth-order valence-corrected chi connectivity index (χ4v) is 5.06. The zero-order valence-electron chi connectivity index (χ0n) is 13.6. The van der Waals surface area contributed by atoms with Gasteiger partial charge in [0.2, 0.25) is 0 Å². The van der Waals surface area contributed by atoms with Crippen LogP contribution in [-0.2, 0) is 0 Å². The third-order valence-corrected chi connectivity index (χ3v) is 6.24. The maximum absolute atomic E-state index is 6.49. The summed E-state index contributed by atoms with van der Waals surface area (Å²) >= 11 is 0. The van der Waals surface area contributed by atoms with Crippen LogP contribution in [0.25, 0.3) is 0 Å². The van der Waals surface area contributed by atoms with Crippen molar-refractivity contribution >= 4 is 0 Å². The zero-order chi connectivity index (χ0) is 14.3. The quantitative estimate of drug-likeness (QED) is 0.841. The molecule has 3 rings (SSSR count). The summed E-state index contributed by atoms with van der Waals surface area (Å²) in [6.45, 7) is 12.3. The largest absolute Gasteiger partial charge is 0.327 e. The van der Waals surface area contributed by atoms with Crippen LogP contribution in [0.15, 0.2) is 0 Å². The van der Waals surface area contributed by atoms with Gasteiger partial charge in [0.15, 0.2) is 0 Å². The topological polar surface area (TPSA) is 32.5 Å². The second-order valence-electron chi connectivity index (χ2n) is 7.98. The molecule has 20 heavy (non-hydrogen) atoms. The van der Waals surface area contributed by atoms with Crippen molar-refractivity contribution in [2.24, 2.45) is 23.5 Å². The van der Waals surface area contributed by atoms with Gasteiger partial charge in [-0.1, -0.05) is 13.8 Å². The molecule has 3 nitrogen and oxygen atoms in total. The van der Waals surface area contributed by atoms with Crippen molar-refractivity contribution in [2.75, 3.05) is 26.2 Å². The van der Waals surface area contributed by atoms with Crippen LogP contribution in [0.4, 0.5) is 0 Å². The summed E-state index contributed by atoms with van der Waals surface area (Å²) in [6.07, 6.45) is 5.41. The van der Waals surface area contributed by atoms with Crippen molar-refractivity contribution in [3.63, 3.8) is 0 Å². The monoisotopic (exact) mass is 279 g/mol. The Morgan fingerprint density at radius 3 is 2.65 bits per heavy atom. The molecule has 2 aliphatic heterocycles. The molecule has 2 N–H and O–H groups in total. The van der Waals surface area contributed by atoms with E-state index in [1.54, 1.807) is 0 Å². The van der Waals surface area contributed by atoms with Gasteiger partial charge >= 0.3 is 0 Å². The van der Waals surface area contributed by atoms with Gasteiger partial charge in [0.1, 0.15) is 0 Å². The SMILES string of the molecule is CC1CC(C)C(CN2CC3CCCN3CC2C)C(N)C1. The van der Waals surface area contributed by atoms with Gasteiger partial charge in [0, 0.05) is 37.8 Å². The van der Waals surface area contributed by atoms with Gasteiger partial charge in [-0.3, -0.25) is 9.80 Å². The lowest BCUT2D eigenvalue weighted by atomic mass is 9.72. The summed E-state index contributed by atoms with van der Waals surface area (Å²) in [5.74, 6) is 2.32. The minimum absolute atomic E-state index is 0.419. The first kappa shape index (κ1) is 14.8. The fraction of sp³-hybridized carbons (Fsp3) is 1.00. The van der Waals surface area contributed by atoms with Crippen LogP contribution >= 0.6 is 0 Å². The van der Waals surface area contributed by atoms with Crippen molar-refractivity contribution in [3.05, 3.63) is 0 Å². The van der Waals surface area contributed by atoms with E-state index in [2.05, 4.69) is 30.6 Å². The Morgan fingerprint density at radius 1 is 1.10 bits per heavy atom. The van der Waals surface area contributed by atoms with Crippen molar-refractivity contribution in [2.45, 2.75) is 64.6 Å². The molecule has 0 aromatic heterocycles. The number of fused-ring (bicyclic) bond motifs is 1. The first-order chi connectivity index (χ1) is 9.54. The summed E-state index contributed by atoms with van der Waals surface area (Å²) in [5, 5.41) is 0. The molecule has 0 aromatic rings. The molecule has 1 aliphatic carbocycles. The van der Waals surface area contributed by atoms with Gasteiger partial charge in [0.25, 0.3) is 0 Å². The molecular weight excluding hydrogens is 246 g/mol. The molecule has 0 bridgehead atoms. The van der Waals surface area contributed by atoms with Crippen molar-refractivity contribution in [3.8, 4) is 0 Å². The average Bonchev–Trinajstić information content (AvgIpc) is 2.80. The molecule has 6 unspecified atom stereocenters. The van der Waals surface area contributed by atoms with E-state index < -0.39 is 0 Å². The highest BCUT2D eigenvalue weighted by Crippen LogP contribution is 2.34. The van der Waals surface area contributed by atoms with Crippen LogP contribution in [0.1, 0.15) is 46.5 Å². The number of hydrogen-bond acceptors (Lipinski definition) is 3. The molecule has 0 amide bonds. The van der Waals surface area contributed by atoms with Crippen LogP contribution in [-0.4, -0.2) is 54.1 Å². The normalized spacial score (nSPS) is 47.4. The number of rotatable bonds is 2. The molecule has 6 atom stereocenters. The van der Waals surface area contributed by atoms with E-state index in [4.69, 9.17) is 5.73 Å². The van der Waals surface area contributed by atoms with E-state index in [0.29, 0.717) is 18.0 Å². The van der Waals surface area contributed by atoms with Gasteiger partial charge in [-0.15, -0.1) is 0 Å². The highest BCUT2D eigenvalue weighted by atomic mass is 15.3. The second kappa shape index (κ2) is 5.94. The molecule has 3 aliphatic rings. The van der Waals surface area contributed by atoms with E-state index >= 15 is 0 Å². The van der Waals surface area contributed by atoms with E-state index in [1.807, 2.05) is 0 Å². The van der Waals surface area contributed by atoms with Crippen molar-refractivity contribution < 1.29 is 0 Å². The Kier molecular flexibility index (Phi) is 4.40. The van der Waals surface area contributed by atoms with Gasteiger partial charge < -0.3 is 5.73 Å². The molecule has 2 heterocycles. The lowest BCUT2D eigenvalue weighted by molar-refractivity contribution is 0.0263. The first-order valence-corrected chi connectivity index (χ1v) is 8.78. The van der Waals surface area contributed by atoms with Crippen LogP contribution in [0.3, 0.4) is 0 Å². The standard InChI is InChI=1S/C17H33N3/c1-12-7-13(2)16(17(18)8-12)11-20-10-15-5-4-6-19(15)9-14(20)3/h12-17H,4-11,18H2,1-3H3. The summed E-state index contributed by atoms with van der Waals surface area (Å²) in [7, 11) is 0. The summed E-state index contributed by atoms with van der Waals surface area (Å²) < 4.78 is 0. The molecule has 1 saturated carbocycles. The molecule has 3 heteroatoms. The molecule has 3 fully saturated rings. The Morgan fingerprint density at radius 2 is 1.90 bits per heavy atom. The first-order valence-electron chi connectivity index (χ1n) is 8.78. The summed E-state index contributed by atoms with van der Waals surface area (Å²) in [6, 6.07) is 1.96. The molecular formula is C17H33N3. The highest BCUT2D eigenvalue weighted by molar-refractivity contribution is 4.94. The second-order valence-corrected chi connectivity index (χ2v) is 7.98. The number of nitrogens with zero attached hydrogens (tertiary/aromatic N) is 2. The Labute approximate surface area is 124 Å². The van der Waals surface area contributed by atoms with E-state index in [0.717, 1.165) is 17.9 Å². The molecule has 2 saturated heterocycles. The maximum Gasteiger partial charge on any atom is 0.0224 e. The van der Waals surface area contributed by atoms with E-state index in [9.17, 15) is 0 Å². The lowest BCUT2D eigenvalue weighted by Gasteiger charge is -2.46. The van der Waals surface area contributed by atoms with Crippen molar-refractivity contribution in [1.29, 1.82) is 0 Å². The third kappa shape index (κ3) is 2.90. The smallest absolute Gasteiger partial charge is 0.0224 e. The van der Waals surface area contributed by atoms with E-state index in [-0.39, 0.29) is 0 Å². The number of hydrogen-bond donors (Lipinski definition) is 1. The Balaban J connectivity index is 1.61. The summed E-state index contributed by atoms with van der Waals surface area (Å²) in [5.41, 5.74) is 6.49. The summed E-state index contributed by atoms with van der Waals surface area (Å²) in [4.78, 5) is 5.47. The minimum atomic E-state index is 0.419. The molecule has 0 aromatic carbocycles. The Bertz CT molecular complexity index is 320. The zero-order valence-corrected chi connectivity index (χ0v) is 13.6. The van der Waals surface area contributed by atoms with Crippen LogP contribution < -0.4 is 5.73 Å². The molecule has 0 radical (unpaired) electrons. The van der Waals surface area contributed by atoms with Crippen LogP contribution in [0.2, 0.25) is 0 Å². The minimum Gasteiger partial charge on any atom is -0.327 e. The number of piperazine rings is 1. The average molecular weight is 279 g/mol.